The van der Waals surface area contributed by atoms with Crippen molar-refractivity contribution >= 4 is 20.4 Å². The first-order valence-corrected chi connectivity index (χ1v) is 3.57. The zero-order valence-electron chi connectivity index (χ0n) is 4.87. The van der Waals surface area contributed by atoms with Gasteiger partial charge in [-0.1, -0.05) is 0 Å². The second kappa shape index (κ2) is 88.5. The Bertz CT molecular complexity index is 40.8. The predicted octanol–water partition coefficient (Wildman–Crippen LogP) is -0.537. The van der Waals surface area contributed by atoms with Crippen LogP contribution in [0.25, 0.3) is 0 Å². The van der Waals surface area contributed by atoms with Gasteiger partial charge in [0.2, 0.25) is 0 Å². The zero-order valence-corrected chi connectivity index (χ0v) is 7.20. The van der Waals surface area contributed by atoms with Crippen molar-refractivity contribution in [2.24, 2.45) is 0 Å². The molecule has 82 valence electrons. The van der Waals surface area contributed by atoms with Gasteiger partial charge in [0.25, 0.3) is 0 Å². The SMILES string of the molecule is F.F.F.F.F.F.N.O=[Te](O)O. The number of hydrogen-bond donors (Lipinski definition) is 3. The first-order valence-electron chi connectivity index (χ1n) is 0.532. The van der Waals surface area contributed by atoms with Gasteiger partial charge in [-0.05, 0) is 0 Å². The molecule has 0 aromatic carbocycles. The van der Waals surface area contributed by atoms with E-state index >= 15 is 0 Å². The minimum absolute atomic E-state index is 0. The standard InChI is InChI=1S/6FH.H3N.H2O3Te/c;;;;;;;1-4(2)3/h6*1H;1H3;(H2,1,2,3). The van der Waals surface area contributed by atoms with E-state index in [4.69, 9.17) is 10.0 Å². The van der Waals surface area contributed by atoms with Gasteiger partial charge in [0.15, 0.2) is 0 Å². The normalized spacial score (nSPS) is 3.18. The molecule has 0 aliphatic rings. The minimum atomic E-state index is -3.61. The summed E-state index contributed by atoms with van der Waals surface area (Å²) in [6, 6.07) is 0. The molecule has 0 amide bonds. The second-order valence-electron chi connectivity index (χ2n) is 0.231. The first-order chi connectivity index (χ1) is 1.73. The van der Waals surface area contributed by atoms with Crippen LogP contribution in [0.3, 0.4) is 0 Å². The maximum atomic E-state index is 8.81. The summed E-state index contributed by atoms with van der Waals surface area (Å²) < 4.78 is 23.3. The molecular formula is H11F6NO3Te. The van der Waals surface area contributed by atoms with Crippen molar-refractivity contribution in [2.45, 2.75) is 0 Å². The van der Waals surface area contributed by atoms with Gasteiger partial charge in [0, 0.05) is 0 Å². The molecule has 0 saturated heterocycles. The van der Waals surface area contributed by atoms with Gasteiger partial charge in [-0.3, -0.25) is 28.2 Å². The van der Waals surface area contributed by atoms with E-state index in [1.54, 1.807) is 0 Å². The Morgan fingerprint density at radius 1 is 0.727 bits per heavy atom. The molecule has 0 fully saturated rings. The summed E-state index contributed by atoms with van der Waals surface area (Å²) in [4.78, 5) is 0. The molecule has 0 bridgehead atoms. The molecular weight excluding hydrogens is 304 g/mol. The molecule has 0 aromatic heterocycles. The van der Waals surface area contributed by atoms with E-state index in [0.29, 0.717) is 0 Å². The van der Waals surface area contributed by atoms with E-state index in [0.717, 1.165) is 0 Å². The van der Waals surface area contributed by atoms with Crippen LogP contribution in [-0.2, 0) is 3.10 Å². The van der Waals surface area contributed by atoms with Gasteiger partial charge in [-0.25, -0.2) is 0 Å². The zero-order chi connectivity index (χ0) is 3.58. The molecule has 0 saturated carbocycles. The maximum absolute atomic E-state index is 8.81. The fourth-order valence-electron chi connectivity index (χ4n) is 0. The number of rotatable bonds is 0. The Balaban J connectivity index is -0.00000000214. The Morgan fingerprint density at radius 3 is 0.727 bits per heavy atom. The third kappa shape index (κ3) is 265000. The Kier molecular flexibility index (Phi) is 965. The summed E-state index contributed by atoms with van der Waals surface area (Å²) in [6.07, 6.45) is 0. The summed E-state index contributed by atoms with van der Waals surface area (Å²) in [5.41, 5.74) is 0. The van der Waals surface area contributed by atoms with Gasteiger partial charge in [0.05, 0.1) is 0 Å². The molecule has 11 heteroatoms. The summed E-state index contributed by atoms with van der Waals surface area (Å²) in [6.45, 7) is 0. The van der Waals surface area contributed by atoms with Crippen molar-refractivity contribution in [1.29, 1.82) is 0 Å². The summed E-state index contributed by atoms with van der Waals surface area (Å²) in [5, 5.41) is 0. The van der Waals surface area contributed by atoms with Crippen molar-refractivity contribution in [3.63, 3.8) is 0 Å². The van der Waals surface area contributed by atoms with Crippen LogP contribution in [0, 0.1) is 0 Å². The van der Waals surface area contributed by atoms with Crippen LogP contribution >= 0.6 is 0 Å². The predicted molar refractivity (Wildman–Crippen MR) is 30.9 cm³/mol. The van der Waals surface area contributed by atoms with Crippen LogP contribution in [0.4, 0.5) is 28.2 Å². The molecule has 4 nitrogen and oxygen atoms in total. The van der Waals surface area contributed by atoms with Gasteiger partial charge in [0.1, 0.15) is 0 Å². The van der Waals surface area contributed by atoms with Gasteiger partial charge in [-0.2, -0.15) is 0 Å². The van der Waals surface area contributed by atoms with Crippen LogP contribution < -0.4 is 6.15 Å². The van der Waals surface area contributed by atoms with Crippen molar-refractivity contribution in [3.8, 4) is 0 Å². The molecule has 0 atom stereocenters. The summed E-state index contributed by atoms with van der Waals surface area (Å²) >= 11 is -3.61. The molecule has 0 rings (SSSR count). The Hall–Kier alpha value is 0.0496. The average Bonchev–Trinajstić information content (AvgIpc) is 0.811. The molecule has 0 aromatic rings. The molecule has 0 unspecified atom stereocenters. The second-order valence-corrected chi connectivity index (χ2v) is 1.55. The van der Waals surface area contributed by atoms with Crippen molar-refractivity contribution in [3.05, 3.63) is 0 Å². The summed E-state index contributed by atoms with van der Waals surface area (Å²) in [7, 11) is 0. The third-order valence-electron chi connectivity index (χ3n) is 0. The number of halogens is 6. The summed E-state index contributed by atoms with van der Waals surface area (Å²) in [5.74, 6) is 0. The molecule has 0 aliphatic carbocycles. The molecule has 11 heavy (non-hydrogen) atoms. The van der Waals surface area contributed by atoms with Crippen LogP contribution in [0.15, 0.2) is 0 Å². The monoisotopic (exact) mass is 317 g/mol. The van der Waals surface area contributed by atoms with Gasteiger partial charge in [-0.15, -0.1) is 0 Å². The van der Waals surface area contributed by atoms with Crippen molar-refractivity contribution < 1.29 is 38.3 Å². The van der Waals surface area contributed by atoms with Gasteiger partial charge >= 0.3 is 30.4 Å². The van der Waals surface area contributed by atoms with Crippen LogP contribution in [0.1, 0.15) is 0 Å². The van der Waals surface area contributed by atoms with Crippen LogP contribution in [0.2, 0.25) is 0 Å². The molecule has 0 spiro atoms. The average molecular weight is 315 g/mol. The topological polar surface area (TPSA) is 92.5 Å². The van der Waals surface area contributed by atoms with Crippen LogP contribution in [-0.4, -0.2) is 27.3 Å². The first kappa shape index (κ1) is 120. The fraction of sp³-hybridized carbons (Fsp3) is 0. The van der Waals surface area contributed by atoms with Crippen molar-refractivity contribution in [1.82, 2.24) is 6.15 Å². The molecule has 0 radical (unpaired) electrons. The number of hydrogen-bond acceptors (Lipinski definition) is 2. The Labute approximate surface area is 65.5 Å². The molecule has 0 aliphatic heterocycles. The van der Waals surface area contributed by atoms with E-state index in [-0.39, 0.29) is 34.4 Å². The van der Waals surface area contributed by atoms with E-state index in [2.05, 4.69) is 0 Å². The van der Waals surface area contributed by atoms with E-state index < -0.39 is 20.4 Å². The van der Waals surface area contributed by atoms with E-state index in [9.17, 15) is 0 Å². The van der Waals surface area contributed by atoms with E-state index in [1.807, 2.05) is 0 Å². The van der Waals surface area contributed by atoms with Crippen molar-refractivity contribution in [2.75, 3.05) is 0 Å². The molecule has 0 heterocycles. The van der Waals surface area contributed by atoms with E-state index in [1.165, 1.54) is 0 Å². The Morgan fingerprint density at radius 2 is 0.727 bits per heavy atom. The fourth-order valence-corrected chi connectivity index (χ4v) is 0. The quantitative estimate of drug-likeness (QED) is 0.414. The third-order valence-corrected chi connectivity index (χ3v) is 0. The molecule has 5 N–H and O–H groups in total. The van der Waals surface area contributed by atoms with Crippen LogP contribution in [0.5, 0.6) is 0 Å². The van der Waals surface area contributed by atoms with Gasteiger partial charge < -0.3 is 6.15 Å².